The molecule has 1 saturated heterocycles. The maximum absolute atomic E-state index is 13.6. The molecule has 3 rings (SSSR count). The zero-order valence-corrected chi connectivity index (χ0v) is 25.4. The van der Waals surface area contributed by atoms with E-state index in [1.54, 1.807) is 83.1 Å². The highest BCUT2D eigenvalue weighted by Crippen LogP contribution is 2.23. The number of nitrogens with zero attached hydrogens (tertiary/aromatic N) is 1. The van der Waals surface area contributed by atoms with Crippen LogP contribution in [0.3, 0.4) is 0 Å². The minimum atomic E-state index is -1.36. The number of ether oxygens (including phenoxy) is 2. The quantitative estimate of drug-likeness (QED) is 0.228. The number of amides is 3. The predicted molar refractivity (Wildman–Crippen MR) is 159 cm³/mol. The van der Waals surface area contributed by atoms with Gasteiger partial charge in [-0.1, -0.05) is 74.5 Å². The molecule has 1 fully saturated rings. The highest BCUT2D eigenvalue weighted by atomic mass is 32.2. The van der Waals surface area contributed by atoms with Gasteiger partial charge in [-0.3, -0.25) is 14.4 Å². The van der Waals surface area contributed by atoms with Crippen LogP contribution in [0.1, 0.15) is 45.7 Å². The molecule has 0 saturated carbocycles. The Hall–Kier alpha value is -3.86. The van der Waals surface area contributed by atoms with Crippen LogP contribution in [0.15, 0.2) is 60.7 Å². The highest BCUT2D eigenvalue weighted by Gasteiger charge is 2.40. The van der Waals surface area contributed by atoms with Crippen LogP contribution < -0.4 is 10.6 Å². The summed E-state index contributed by atoms with van der Waals surface area (Å²) in [6.07, 6.45) is -1.48. The van der Waals surface area contributed by atoms with Crippen molar-refractivity contribution in [3.63, 3.8) is 0 Å². The molecule has 42 heavy (non-hydrogen) atoms. The molecular weight excluding hydrogens is 558 g/mol. The summed E-state index contributed by atoms with van der Waals surface area (Å²) in [6.45, 7) is 8.68. The van der Waals surface area contributed by atoms with E-state index in [1.807, 2.05) is 12.1 Å². The van der Waals surface area contributed by atoms with Gasteiger partial charge in [-0.25, -0.2) is 9.59 Å². The first-order valence-electron chi connectivity index (χ1n) is 13.8. The Labute approximate surface area is 250 Å². The fourth-order valence-corrected chi connectivity index (χ4v) is 5.36. The first kappa shape index (κ1) is 32.7. The molecule has 226 valence electrons. The summed E-state index contributed by atoms with van der Waals surface area (Å²) >= 11 is 1.42. The number of carbonyl (C=O) groups excluding carboxylic acids is 5. The van der Waals surface area contributed by atoms with Gasteiger partial charge in [-0.05, 0) is 44.2 Å². The summed E-state index contributed by atoms with van der Waals surface area (Å²) in [6, 6.07) is 16.9. The van der Waals surface area contributed by atoms with Gasteiger partial charge in [0.05, 0.1) is 5.88 Å². The second-order valence-corrected chi connectivity index (χ2v) is 12.4. The van der Waals surface area contributed by atoms with Crippen molar-refractivity contribution in [2.45, 2.75) is 65.5 Å². The number of hydrogen-bond acceptors (Lipinski definition) is 8. The number of thioether (sulfide) groups is 1. The smallest absolute Gasteiger partial charge is 0.408 e. The number of carbonyl (C=O) groups is 5. The summed E-state index contributed by atoms with van der Waals surface area (Å²) in [5.74, 6) is -4.13. The van der Waals surface area contributed by atoms with Crippen molar-refractivity contribution in [2.75, 3.05) is 11.6 Å². The Morgan fingerprint density at radius 1 is 0.952 bits per heavy atom. The Morgan fingerprint density at radius 3 is 2.12 bits per heavy atom. The third-order valence-corrected chi connectivity index (χ3v) is 7.42. The molecule has 0 spiro atoms. The number of benzene rings is 2. The number of rotatable bonds is 11. The Balaban J connectivity index is 1.74. The monoisotopic (exact) mass is 597 g/mol. The van der Waals surface area contributed by atoms with Crippen molar-refractivity contribution in [1.82, 2.24) is 15.5 Å². The molecule has 3 atom stereocenters. The zero-order valence-electron chi connectivity index (χ0n) is 24.6. The number of nitrogens with one attached hydrogen (secondary N) is 2. The summed E-state index contributed by atoms with van der Waals surface area (Å²) in [4.78, 5) is 67.0. The van der Waals surface area contributed by atoms with Gasteiger partial charge in [-0.15, -0.1) is 11.8 Å². The van der Waals surface area contributed by atoms with Gasteiger partial charge in [0.2, 0.25) is 11.8 Å². The number of esters is 1. The van der Waals surface area contributed by atoms with E-state index in [0.717, 1.165) is 0 Å². The lowest BCUT2D eigenvalue weighted by molar-refractivity contribution is -0.158. The van der Waals surface area contributed by atoms with E-state index in [9.17, 15) is 24.0 Å². The van der Waals surface area contributed by atoms with Crippen molar-refractivity contribution >= 4 is 41.4 Å². The maximum atomic E-state index is 13.6. The standard InChI is InChI=1S/C31H39N3O7S/c1-20(2)25(33-30(39)41-31(3,4)5)28(37)34-19-42-18-24(34)32-27(36)23(16-21-12-8-6-9-13-21)26(35)29(38)40-17-22-14-10-7-11-15-22/h6-15,20,23-25H,16-19H2,1-5H3,(H,32,36)(H,33,39)/t23-,24+,25-/m0/s1. The second-order valence-electron chi connectivity index (χ2n) is 11.4. The SMILES string of the molecule is CC(C)[C@H](NC(=O)OC(C)(C)C)C(=O)N1CSC[C@@H]1NC(=O)[C@@H](Cc1ccccc1)C(=O)C(=O)OCc1ccccc1. The van der Waals surface area contributed by atoms with Crippen molar-refractivity contribution in [3.8, 4) is 0 Å². The molecule has 0 bridgehead atoms. The average molecular weight is 598 g/mol. The van der Waals surface area contributed by atoms with Crippen molar-refractivity contribution in [3.05, 3.63) is 71.8 Å². The minimum absolute atomic E-state index is 0.0193. The summed E-state index contributed by atoms with van der Waals surface area (Å²) < 4.78 is 10.6. The Kier molecular flexibility index (Phi) is 11.6. The van der Waals surface area contributed by atoms with Gasteiger partial charge in [0.15, 0.2) is 0 Å². The lowest BCUT2D eigenvalue weighted by Gasteiger charge is -2.32. The lowest BCUT2D eigenvalue weighted by atomic mass is 9.94. The van der Waals surface area contributed by atoms with Gasteiger partial charge in [0, 0.05) is 5.75 Å². The van der Waals surface area contributed by atoms with E-state index >= 15 is 0 Å². The normalized spacial score (nSPS) is 16.3. The summed E-state index contributed by atoms with van der Waals surface area (Å²) in [7, 11) is 0. The van der Waals surface area contributed by atoms with Crippen LogP contribution in [0.4, 0.5) is 4.79 Å². The molecule has 2 aromatic rings. The van der Waals surface area contributed by atoms with E-state index in [4.69, 9.17) is 9.47 Å². The molecule has 0 aromatic heterocycles. The predicted octanol–water partition coefficient (Wildman–Crippen LogP) is 3.68. The van der Waals surface area contributed by atoms with E-state index < -0.39 is 47.5 Å². The van der Waals surface area contributed by atoms with Gasteiger partial charge in [0.1, 0.15) is 30.3 Å². The molecule has 10 nitrogen and oxygen atoms in total. The first-order valence-corrected chi connectivity index (χ1v) is 15.0. The molecule has 1 aliphatic heterocycles. The number of Topliss-reactive ketones (excluding diaryl/α,β-unsaturated/α-hetero) is 1. The van der Waals surface area contributed by atoms with Crippen LogP contribution >= 0.6 is 11.8 Å². The molecular formula is C31H39N3O7S. The molecule has 11 heteroatoms. The average Bonchev–Trinajstić information content (AvgIpc) is 3.40. The van der Waals surface area contributed by atoms with Crippen LogP contribution in [-0.4, -0.2) is 64.0 Å². The van der Waals surface area contributed by atoms with Crippen LogP contribution in [0.5, 0.6) is 0 Å². The van der Waals surface area contributed by atoms with Crippen LogP contribution in [0.25, 0.3) is 0 Å². The Morgan fingerprint density at radius 2 is 1.55 bits per heavy atom. The number of hydrogen-bond donors (Lipinski definition) is 2. The number of ketones is 1. The van der Waals surface area contributed by atoms with Crippen LogP contribution in [0, 0.1) is 11.8 Å². The molecule has 3 amide bonds. The largest absolute Gasteiger partial charge is 0.455 e. The fourth-order valence-electron chi connectivity index (χ4n) is 4.26. The second kappa shape index (κ2) is 14.9. The van der Waals surface area contributed by atoms with Gasteiger partial charge >= 0.3 is 12.1 Å². The zero-order chi connectivity index (χ0) is 30.9. The highest BCUT2D eigenvalue weighted by molar-refractivity contribution is 7.99. The third-order valence-electron chi connectivity index (χ3n) is 6.41. The fraction of sp³-hybridized carbons (Fsp3) is 0.452. The first-order chi connectivity index (χ1) is 19.9. The molecule has 2 aromatic carbocycles. The topological polar surface area (TPSA) is 131 Å². The van der Waals surface area contributed by atoms with Gasteiger partial charge in [-0.2, -0.15) is 0 Å². The summed E-state index contributed by atoms with van der Waals surface area (Å²) in [5.41, 5.74) is 0.661. The molecule has 1 heterocycles. The van der Waals surface area contributed by atoms with Crippen molar-refractivity contribution < 1.29 is 33.4 Å². The molecule has 2 N–H and O–H groups in total. The molecule has 0 unspecified atom stereocenters. The van der Waals surface area contributed by atoms with Crippen molar-refractivity contribution in [2.24, 2.45) is 11.8 Å². The van der Waals surface area contributed by atoms with Crippen LogP contribution in [0.2, 0.25) is 0 Å². The van der Waals surface area contributed by atoms with E-state index in [1.165, 1.54) is 16.7 Å². The van der Waals surface area contributed by atoms with E-state index in [-0.39, 0.29) is 30.7 Å². The van der Waals surface area contributed by atoms with E-state index in [2.05, 4.69) is 10.6 Å². The lowest BCUT2D eigenvalue weighted by Crippen LogP contribution is -2.58. The van der Waals surface area contributed by atoms with Gasteiger partial charge < -0.3 is 25.0 Å². The minimum Gasteiger partial charge on any atom is -0.455 e. The molecule has 1 aliphatic rings. The molecule has 0 aliphatic carbocycles. The molecule has 0 radical (unpaired) electrons. The number of alkyl carbamates (subject to hydrolysis) is 1. The van der Waals surface area contributed by atoms with Gasteiger partial charge in [0.25, 0.3) is 5.78 Å². The summed E-state index contributed by atoms with van der Waals surface area (Å²) in [5, 5.41) is 5.45. The van der Waals surface area contributed by atoms with E-state index in [0.29, 0.717) is 16.9 Å². The Bertz CT molecular complexity index is 1250. The van der Waals surface area contributed by atoms with Crippen molar-refractivity contribution in [1.29, 1.82) is 0 Å². The third kappa shape index (κ3) is 9.61. The maximum Gasteiger partial charge on any atom is 0.408 e. The van der Waals surface area contributed by atoms with Crippen LogP contribution in [-0.2, 0) is 41.7 Å².